The average molecular weight is 916 g/mol. The number of hydrogen-bond acceptors (Lipinski definition) is 2. The van der Waals surface area contributed by atoms with E-state index < -0.39 is 5.41 Å². The first-order valence-electron chi connectivity index (χ1n) is 25.2. The van der Waals surface area contributed by atoms with Crippen LogP contribution in [0.25, 0.3) is 98.8 Å². The summed E-state index contributed by atoms with van der Waals surface area (Å²) >= 11 is 0. The maximum Gasteiger partial charge on any atom is 0.135 e. The van der Waals surface area contributed by atoms with Crippen molar-refractivity contribution in [2.24, 2.45) is 0 Å². The van der Waals surface area contributed by atoms with Crippen molar-refractivity contribution in [3.05, 3.63) is 270 Å². The standard InChI is InChI=1S/C70H45NO/c1-69(2)60-26-12-7-23-52(60)57-39-44(33-35-61(57)69)71(43-32-34-49-47-19-4-3-17-45(47)46-18-5-6-20-48(46)56(49)38-43)66-41-65-58(40-55(66)42-31-36-68-59(37-42)54-25-11-16-30-67(54)72-68)53-24-10-15-29-64(53)70(65)62-27-13-8-21-50(62)51-22-9-14-28-63(51)70/h3-41H,1-2H3. The smallest absolute Gasteiger partial charge is 0.135 e. The first-order chi connectivity index (χ1) is 35.5. The summed E-state index contributed by atoms with van der Waals surface area (Å²) < 4.78 is 6.49. The van der Waals surface area contributed by atoms with Crippen LogP contribution in [0.5, 0.6) is 0 Å². The molecular weight excluding hydrogens is 871 g/mol. The Morgan fingerprint density at radius 1 is 0.292 bits per heavy atom. The number of hydrogen-bond donors (Lipinski definition) is 0. The Kier molecular flexibility index (Phi) is 7.92. The largest absolute Gasteiger partial charge is 0.456 e. The van der Waals surface area contributed by atoms with Crippen molar-refractivity contribution in [2.75, 3.05) is 4.90 Å². The van der Waals surface area contributed by atoms with E-state index in [1.807, 2.05) is 0 Å². The molecule has 16 rings (SSSR count). The van der Waals surface area contributed by atoms with E-state index in [4.69, 9.17) is 4.42 Å². The molecule has 2 nitrogen and oxygen atoms in total. The van der Waals surface area contributed by atoms with Gasteiger partial charge >= 0.3 is 0 Å². The van der Waals surface area contributed by atoms with E-state index in [1.54, 1.807) is 0 Å². The van der Waals surface area contributed by atoms with Crippen LogP contribution >= 0.6 is 0 Å². The predicted octanol–water partition coefficient (Wildman–Crippen LogP) is 18.8. The van der Waals surface area contributed by atoms with Gasteiger partial charge in [0.2, 0.25) is 0 Å². The van der Waals surface area contributed by atoms with Gasteiger partial charge in [-0.1, -0.05) is 196 Å². The third kappa shape index (κ3) is 5.13. The molecule has 0 fully saturated rings. The summed E-state index contributed by atoms with van der Waals surface area (Å²) in [6, 6.07) is 89.0. The van der Waals surface area contributed by atoms with Crippen LogP contribution in [0, 0.1) is 0 Å². The van der Waals surface area contributed by atoms with E-state index in [1.165, 1.54) is 99.1 Å². The maximum absolute atomic E-state index is 6.49. The fourth-order valence-electron chi connectivity index (χ4n) is 13.7. The molecular formula is C70H45NO. The normalized spacial score (nSPS) is 14.2. The Balaban J connectivity index is 1.06. The first-order valence-corrected chi connectivity index (χ1v) is 25.2. The molecule has 336 valence electrons. The molecule has 1 heterocycles. The summed E-state index contributed by atoms with van der Waals surface area (Å²) in [6.45, 7) is 4.74. The molecule has 3 aliphatic carbocycles. The molecule has 0 amide bonds. The fourth-order valence-corrected chi connectivity index (χ4v) is 13.7. The minimum Gasteiger partial charge on any atom is -0.456 e. The number of nitrogens with zero attached hydrogens (tertiary/aromatic N) is 1. The van der Waals surface area contributed by atoms with Crippen LogP contribution in [0.15, 0.2) is 241 Å². The Labute approximate surface area is 417 Å². The van der Waals surface area contributed by atoms with Crippen molar-refractivity contribution in [1.29, 1.82) is 0 Å². The summed E-state index contributed by atoms with van der Waals surface area (Å²) in [5, 5.41) is 9.75. The van der Waals surface area contributed by atoms with Crippen molar-refractivity contribution in [2.45, 2.75) is 24.7 Å². The number of para-hydroxylation sites is 1. The second-order valence-corrected chi connectivity index (χ2v) is 20.7. The van der Waals surface area contributed by atoms with Gasteiger partial charge in [-0.15, -0.1) is 0 Å². The minimum atomic E-state index is -0.540. The van der Waals surface area contributed by atoms with Crippen molar-refractivity contribution < 1.29 is 4.42 Å². The molecule has 0 saturated heterocycles. The van der Waals surface area contributed by atoms with Crippen molar-refractivity contribution in [3.63, 3.8) is 0 Å². The van der Waals surface area contributed by atoms with Crippen molar-refractivity contribution >= 4 is 71.3 Å². The van der Waals surface area contributed by atoms with Gasteiger partial charge < -0.3 is 9.32 Å². The molecule has 0 atom stereocenters. The highest BCUT2D eigenvalue weighted by Crippen LogP contribution is 2.64. The highest BCUT2D eigenvalue weighted by atomic mass is 16.3. The molecule has 2 heteroatoms. The second-order valence-electron chi connectivity index (χ2n) is 20.7. The Hall–Kier alpha value is -8.98. The lowest BCUT2D eigenvalue weighted by Gasteiger charge is -2.33. The van der Waals surface area contributed by atoms with Crippen LogP contribution < -0.4 is 4.90 Å². The van der Waals surface area contributed by atoms with Gasteiger partial charge in [0.25, 0.3) is 0 Å². The molecule has 0 saturated carbocycles. The zero-order valence-corrected chi connectivity index (χ0v) is 39.9. The number of fused-ring (bicyclic) bond motifs is 22. The predicted molar refractivity (Wildman–Crippen MR) is 300 cm³/mol. The van der Waals surface area contributed by atoms with Crippen molar-refractivity contribution in [1.82, 2.24) is 0 Å². The fraction of sp³-hybridized carbons (Fsp3) is 0.0571. The monoisotopic (exact) mass is 915 g/mol. The van der Waals surface area contributed by atoms with Gasteiger partial charge in [-0.2, -0.15) is 0 Å². The molecule has 12 aromatic carbocycles. The van der Waals surface area contributed by atoms with Gasteiger partial charge in [0, 0.05) is 33.1 Å². The molecule has 0 bridgehead atoms. The van der Waals surface area contributed by atoms with Crippen LogP contribution in [0.2, 0.25) is 0 Å². The Morgan fingerprint density at radius 2 is 0.750 bits per heavy atom. The van der Waals surface area contributed by atoms with E-state index >= 15 is 0 Å². The van der Waals surface area contributed by atoms with Gasteiger partial charge in [0.05, 0.1) is 11.1 Å². The molecule has 72 heavy (non-hydrogen) atoms. The SMILES string of the molecule is CC1(C)c2ccccc2-c2cc(N(c3ccc4c5ccccc5c5ccccc5c4c3)c3cc4c(cc3-c3ccc5oc6ccccc6c5c3)-c3ccccc3C43c4ccccc4-c4ccccc43)ccc21. The van der Waals surface area contributed by atoms with Crippen molar-refractivity contribution in [3.8, 4) is 44.5 Å². The third-order valence-corrected chi connectivity index (χ3v) is 16.9. The lowest BCUT2D eigenvalue weighted by atomic mass is 9.70. The number of rotatable bonds is 4. The lowest BCUT2D eigenvalue weighted by Crippen LogP contribution is -2.26. The van der Waals surface area contributed by atoms with Crippen LogP contribution in [-0.4, -0.2) is 0 Å². The highest BCUT2D eigenvalue weighted by molar-refractivity contribution is 6.26. The molecule has 0 aliphatic heterocycles. The molecule has 1 aromatic heterocycles. The summed E-state index contributed by atoms with van der Waals surface area (Å²) in [7, 11) is 0. The quantitative estimate of drug-likeness (QED) is 0.164. The van der Waals surface area contributed by atoms with Crippen LogP contribution in [0.1, 0.15) is 47.2 Å². The maximum atomic E-state index is 6.49. The topological polar surface area (TPSA) is 16.4 Å². The van der Waals surface area contributed by atoms with Gasteiger partial charge in [0.15, 0.2) is 0 Å². The third-order valence-electron chi connectivity index (χ3n) is 16.9. The van der Waals surface area contributed by atoms with Crippen LogP contribution in [0.4, 0.5) is 17.1 Å². The number of furan rings is 1. The molecule has 0 N–H and O–H groups in total. The minimum absolute atomic E-state index is 0.138. The molecule has 1 spiro atoms. The molecule has 0 unspecified atom stereocenters. The first kappa shape index (κ1) is 39.8. The van der Waals surface area contributed by atoms with E-state index in [2.05, 4.69) is 255 Å². The van der Waals surface area contributed by atoms with Crippen LogP contribution in [-0.2, 0) is 10.8 Å². The summed E-state index contributed by atoms with van der Waals surface area (Å²) in [4.78, 5) is 2.58. The summed E-state index contributed by atoms with van der Waals surface area (Å²) in [5.74, 6) is 0. The zero-order chi connectivity index (χ0) is 47.5. The van der Waals surface area contributed by atoms with E-state index in [-0.39, 0.29) is 5.41 Å². The number of anilines is 3. The zero-order valence-electron chi connectivity index (χ0n) is 39.9. The van der Waals surface area contributed by atoms with Gasteiger partial charge in [0.1, 0.15) is 11.2 Å². The molecule has 13 aromatic rings. The van der Waals surface area contributed by atoms with Gasteiger partial charge in [-0.05, 0) is 159 Å². The number of benzene rings is 12. The summed E-state index contributed by atoms with van der Waals surface area (Å²) in [5.41, 5.74) is 22.4. The van der Waals surface area contributed by atoms with Gasteiger partial charge in [-0.25, -0.2) is 0 Å². The van der Waals surface area contributed by atoms with E-state index in [0.717, 1.165) is 50.1 Å². The lowest BCUT2D eigenvalue weighted by molar-refractivity contribution is 0.660. The van der Waals surface area contributed by atoms with E-state index in [0.29, 0.717) is 0 Å². The average Bonchev–Trinajstić information content (AvgIpc) is 4.12. The van der Waals surface area contributed by atoms with E-state index in [9.17, 15) is 0 Å². The molecule has 0 radical (unpaired) electrons. The highest BCUT2D eigenvalue weighted by Gasteiger charge is 2.52. The molecule has 3 aliphatic rings. The Morgan fingerprint density at radius 3 is 1.40 bits per heavy atom. The Bertz CT molecular complexity index is 4430. The second kappa shape index (κ2) is 14.3. The van der Waals surface area contributed by atoms with Crippen LogP contribution in [0.3, 0.4) is 0 Å². The summed E-state index contributed by atoms with van der Waals surface area (Å²) in [6.07, 6.45) is 0. The van der Waals surface area contributed by atoms with Gasteiger partial charge in [-0.3, -0.25) is 0 Å².